The van der Waals surface area contributed by atoms with Crippen LogP contribution in [-0.2, 0) is 29.2 Å². The largest absolute Gasteiger partial charge is 0.497 e. The number of hydrogen-bond donors (Lipinski definition) is 2. The summed E-state index contributed by atoms with van der Waals surface area (Å²) in [5, 5.41) is 0. The van der Waals surface area contributed by atoms with Crippen molar-refractivity contribution in [2.75, 3.05) is 13.7 Å². The summed E-state index contributed by atoms with van der Waals surface area (Å²) in [6.45, 7) is 1.93. The average Bonchev–Trinajstić information content (AvgIpc) is 3.10. The lowest BCUT2D eigenvalue weighted by Crippen LogP contribution is -2.40. The van der Waals surface area contributed by atoms with Crippen molar-refractivity contribution in [3.8, 4) is 5.75 Å². The first-order chi connectivity index (χ1) is 15.7. The van der Waals surface area contributed by atoms with E-state index < -0.39 is 19.1 Å². The smallest absolute Gasteiger partial charge is 0.469 e. The summed E-state index contributed by atoms with van der Waals surface area (Å²) < 4.78 is 24.7. The van der Waals surface area contributed by atoms with Crippen LogP contribution >= 0.6 is 7.82 Å². The first kappa shape index (κ1) is 24.7. The van der Waals surface area contributed by atoms with Gasteiger partial charge in [0.2, 0.25) is 0 Å². The number of methoxy groups -OCH3 is 1. The van der Waals surface area contributed by atoms with E-state index >= 15 is 0 Å². The summed E-state index contributed by atoms with van der Waals surface area (Å²) in [5.41, 5.74) is 0.393. The summed E-state index contributed by atoms with van der Waals surface area (Å²) in [6.07, 6.45) is 4.30. The molecule has 0 fully saturated rings. The van der Waals surface area contributed by atoms with Crippen LogP contribution in [0, 0.1) is 0 Å². The first-order valence-electron chi connectivity index (χ1n) is 10.4. The van der Waals surface area contributed by atoms with Crippen LogP contribution in [-0.4, -0.2) is 42.2 Å². The average molecular weight is 478 g/mol. The number of fused-ring (bicyclic) bond motifs is 1. The van der Waals surface area contributed by atoms with Gasteiger partial charge < -0.3 is 19.1 Å². The molecule has 0 aliphatic carbocycles. The fourth-order valence-electron chi connectivity index (χ4n) is 3.47. The molecule has 2 aromatic heterocycles. The van der Waals surface area contributed by atoms with Gasteiger partial charge in [0.05, 0.1) is 13.7 Å². The van der Waals surface area contributed by atoms with Crippen LogP contribution in [0.1, 0.15) is 31.2 Å². The fraction of sp³-hybridized carbons (Fsp3) is 0.381. The minimum Gasteiger partial charge on any atom is -0.497 e. The predicted octanol–water partition coefficient (Wildman–Crippen LogP) is 1.99. The third kappa shape index (κ3) is 5.69. The molecule has 0 saturated carbocycles. The van der Waals surface area contributed by atoms with Crippen LogP contribution in [0.25, 0.3) is 23.3 Å². The van der Waals surface area contributed by atoms with Crippen LogP contribution in [0.15, 0.2) is 33.9 Å². The lowest BCUT2D eigenvalue weighted by atomic mass is 10.2. The second-order valence-electron chi connectivity index (χ2n) is 7.38. The molecule has 178 valence electrons. The molecule has 3 rings (SSSR count). The number of hydrogen-bond acceptors (Lipinski definition) is 6. The van der Waals surface area contributed by atoms with Gasteiger partial charge in [-0.25, -0.2) is 14.3 Å². The van der Waals surface area contributed by atoms with Crippen molar-refractivity contribution >= 4 is 31.1 Å². The van der Waals surface area contributed by atoms with E-state index in [4.69, 9.17) is 14.5 Å². The number of benzene rings is 1. The molecule has 1 aromatic carbocycles. The number of aryl methyl sites for hydroxylation is 2. The third-order valence-corrected chi connectivity index (χ3v) is 5.55. The quantitative estimate of drug-likeness (QED) is 0.333. The van der Waals surface area contributed by atoms with Gasteiger partial charge in [-0.15, -0.1) is 0 Å². The molecule has 2 N–H and O–H groups in total. The molecule has 33 heavy (non-hydrogen) atoms. The number of phosphoric ester groups is 1. The fourth-order valence-corrected chi connectivity index (χ4v) is 3.84. The van der Waals surface area contributed by atoms with Gasteiger partial charge in [-0.1, -0.05) is 25.1 Å². The zero-order valence-electron chi connectivity index (χ0n) is 18.7. The molecule has 11 nitrogen and oxygen atoms in total. The first-order valence-corrected chi connectivity index (χ1v) is 11.9. The van der Waals surface area contributed by atoms with Crippen molar-refractivity contribution in [3.63, 3.8) is 0 Å². The molecule has 0 aliphatic rings. The van der Waals surface area contributed by atoms with Gasteiger partial charge in [0.25, 0.3) is 5.56 Å². The highest BCUT2D eigenvalue weighted by molar-refractivity contribution is 7.46. The highest BCUT2D eigenvalue weighted by Gasteiger charge is 2.19. The lowest BCUT2D eigenvalue weighted by molar-refractivity contribution is 0.192. The topological polar surface area (TPSA) is 138 Å². The van der Waals surface area contributed by atoms with E-state index in [2.05, 4.69) is 9.51 Å². The van der Waals surface area contributed by atoms with Crippen LogP contribution in [0.2, 0.25) is 0 Å². The second-order valence-corrected chi connectivity index (χ2v) is 8.62. The van der Waals surface area contributed by atoms with Gasteiger partial charge in [-0.3, -0.25) is 18.5 Å². The van der Waals surface area contributed by atoms with Gasteiger partial charge in [0.1, 0.15) is 11.6 Å². The molecule has 0 atom stereocenters. The normalized spacial score (nSPS) is 12.2. The molecule has 3 aromatic rings. The zero-order valence-corrected chi connectivity index (χ0v) is 19.6. The number of phosphoric acid groups is 1. The summed E-state index contributed by atoms with van der Waals surface area (Å²) >= 11 is 0. The minimum absolute atomic E-state index is 0.0787. The Morgan fingerprint density at radius 3 is 2.58 bits per heavy atom. The van der Waals surface area contributed by atoms with Crippen molar-refractivity contribution in [2.24, 2.45) is 7.05 Å². The molecule has 0 unspecified atom stereocenters. The molecule has 2 heterocycles. The number of imidazole rings is 1. The lowest BCUT2D eigenvalue weighted by Gasteiger charge is -2.11. The number of aromatic nitrogens is 4. The Hall–Kier alpha value is -2.98. The van der Waals surface area contributed by atoms with Crippen molar-refractivity contribution in [1.29, 1.82) is 0 Å². The maximum absolute atomic E-state index is 13.1. The molecule has 12 heteroatoms. The summed E-state index contributed by atoms with van der Waals surface area (Å²) in [7, 11) is -1.32. The second kappa shape index (κ2) is 10.3. The van der Waals surface area contributed by atoms with Crippen molar-refractivity contribution < 1.29 is 23.6 Å². The molecule has 0 radical (unpaired) electrons. The Bertz CT molecular complexity index is 1330. The van der Waals surface area contributed by atoms with Crippen LogP contribution in [0.3, 0.4) is 0 Å². The van der Waals surface area contributed by atoms with Gasteiger partial charge in [-0.05, 0) is 36.6 Å². The highest BCUT2D eigenvalue weighted by atomic mass is 31.2. The Morgan fingerprint density at radius 1 is 1.15 bits per heavy atom. The molecule has 0 spiro atoms. The third-order valence-electron chi connectivity index (χ3n) is 5.03. The Morgan fingerprint density at radius 2 is 1.91 bits per heavy atom. The van der Waals surface area contributed by atoms with Crippen molar-refractivity contribution in [2.45, 2.75) is 32.9 Å². The van der Waals surface area contributed by atoms with Crippen molar-refractivity contribution in [1.82, 2.24) is 18.7 Å². The SMILES string of the molecule is CCCn1c(=O)c2c(nc(/C=C/c3cccc(OC)c3)n2C)n(CCCOP(=O)(O)O)c1=O. The van der Waals surface area contributed by atoms with Crippen LogP contribution < -0.4 is 16.0 Å². The van der Waals surface area contributed by atoms with Crippen molar-refractivity contribution in [3.05, 3.63) is 56.5 Å². The van der Waals surface area contributed by atoms with E-state index in [1.807, 2.05) is 37.3 Å². The molecule has 0 aliphatic heterocycles. The summed E-state index contributed by atoms with van der Waals surface area (Å²) in [6, 6.07) is 7.43. The van der Waals surface area contributed by atoms with E-state index in [9.17, 15) is 14.2 Å². The monoisotopic (exact) mass is 478 g/mol. The van der Waals surface area contributed by atoms with Crippen LogP contribution in [0.4, 0.5) is 0 Å². The van der Waals surface area contributed by atoms with Gasteiger partial charge in [-0.2, -0.15) is 0 Å². The number of rotatable bonds is 10. The number of ether oxygens (including phenoxy) is 1. The maximum atomic E-state index is 13.1. The van der Waals surface area contributed by atoms with Gasteiger partial charge >= 0.3 is 13.5 Å². The predicted molar refractivity (Wildman–Crippen MR) is 124 cm³/mol. The molecular weight excluding hydrogens is 451 g/mol. The van der Waals surface area contributed by atoms with Gasteiger partial charge in [0.15, 0.2) is 11.2 Å². The van der Waals surface area contributed by atoms with E-state index in [1.54, 1.807) is 24.8 Å². The van der Waals surface area contributed by atoms with Crippen LogP contribution in [0.5, 0.6) is 5.75 Å². The maximum Gasteiger partial charge on any atom is 0.469 e. The van der Waals surface area contributed by atoms with Gasteiger partial charge in [0, 0.05) is 20.1 Å². The Labute approximate surface area is 189 Å². The number of nitrogens with zero attached hydrogens (tertiary/aromatic N) is 4. The molecule has 0 amide bonds. The van der Waals surface area contributed by atoms with E-state index in [1.165, 1.54) is 4.57 Å². The summed E-state index contributed by atoms with van der Waals surface area (Å²) in [4.78, 5) is 48.3. The highest BCUT2D eigenvalue weighted by Crippen LogP contribution is 2.35. The zero-order chi connectivity index (χ0) is 24.2. The molecule has 0 saturated heterocycles. The van der Waals surface area contributed by atoms with E-state index in [-0.39, 0.29) is 37.3 Å². The Balaban J connectivity index is 2.05. The minimum atomic E-state index is -4.60. The Kier molecular flexibility index (Phi) is 7.70. The molecule has 0 bridgehead atoms. The summed E-state index contributed by atoms with van der Waals surface area (Å²) in [5.74, 6) is 1.18. The standard InChI is InChI=1S/C21H27N4O7P/c1-4-11-25-20(26)18-19(24(21(25)27)12-6-13-32-33(28,29)30)22-17(23(18)2)10-9-15-7-5-8-16(14-15)31-3/h5,7-10,14H,4,6,11-13H2,1-3H3,(H2,28,29,30)/b10-9+. The van der Waals surface area contributed by atoms with E-state index in [0.29, 0.717) is 18.0 Å². The molecular formula is C21H27N4O7P. The van der Waals surface area contributed by atoms with E-state index in [0.717, 1.165) is 10.1 Å².